The van der Waals surface area contributed by atoms with E-state index in [-0.39, 0.29) is 17.8 Å². The minimum Gasteiger partial charge on any atom is -0.493 e. The van der Waals surface area contributed by atoms with Gasteiger partial charge in [0.2, 0.25) is 0 Å². The summed E-state index contributed by atoms with van der Waals surface area (Å²) in [5.41, 5.74) is 5.57. The SMILES string of the molecule is Cc1cc(C(NN)C2COc3ccccc32)ccc1F. The first-order valence-corrected chi connectivity index (χ1v) is 6.64. The van der Waals surface area contributed by atoms with E-state index in [0.29, 0.717) is 12.2 Å². The smallest absolute Gasteiger partial charge is 0.126 e. The van der Waals surface area contributed by atoms with Crippen molar-refractivity contribution < 1.29 is 9.13 Å². The Balaban J connectivity index is 1.97. The second kappa shape index (κ2) is 5.23. The zero-order valence-corrected chi connectivity index (χ0v) is 11.3. The third-order valence-corrected chi connectivity index (χ3v) is 3.86. The fourth-order valence-corrected chi connectivity index (χ4v) is 2.77. The van der Waals surface area contributed by atoms with E-state index in [4.69, 9.17) is 10.6 Å². The van der Waals surface area contributed by atoms with E-state index in [1.807, 2.05) is 30.3 Å². The first-order valence-electron chi connectivity index (χ1n) is 6.64. The molecule has 1 aliphatic rings. The van der Waals surface area contributed by atoms with Crippen LogP contribution in [0.5, 0.6) is 5.75 Å². The van der Waals surface area contributed by atoms with Crippen molar-refractivity contribution in [3.8, 4) is 5.75 Å². The number of nitrogens with one attached hydrogen (secondary N) is 1. The lowest BCUT2D eigenvalue weighted by molar-refractivity contribution is 0.300. The standard InChI is InChI=1S/C16H17FN2O/c1-10-8-11(6-7-14(10)17)16(19-18)13-9-20-15-5-3-2-4-12(13)15/h2-8,13,16,19H,9,18H2,1H3. The summed E-state index contributed by atoms with van der Waals surface area (Å²) in [5, 5.41) is 0. The third kappa shape index (κ3) is 2.17. The Kier molecular flexibility index (Phi) is 3.42. The number of halogens is 1. The Bertz CT molecular complexity index is 630. The molecule has 0 bridgehead atoms. The number of hydrogen-bond donors (Lipinski definition) is 2. The molecule has 2 aromatic rings. The van der Waals surface area contributed by atoms with E-state index in [1.54, 1.807) is 13.0 Å². The quantitative estimate of drug-likeness (QED) is 0.667. The molecule has 0 aromatic heterocycles. The molecule has 104 valence electrons. The predicted molar refractivity (Wildman–Crippen MR) is 75.9 cm³/mol. The maximum atomic E-state index is 13.4. The highest BCUT2D eigenvalue weighted by molar-refractivity contribution is 5.42. The maximum Gasteiger partial charge on any atom is 0.126 e. The van der Waals surface area contributed by atoms with Gasteiger partial charge in [0.05, 0.1) is 12.6 Å². The molecule has 0 aliphatic carbocycles. The van der Waals surface area contributed by atoms with Crippen LogP contribution in [0.2, 0.25) is 0 Å². The fourth-order valence-electron chi connectivity index (χ4n) is 2.77. The normalized spacial score (nSPS) is 18.4. The molecule has 4 heteroatoms. The van der Waals surface area contributed by atoms with Crippen LogP contribution in [0.15, 0.2) is 42.5 Å². The van der Waals surface area contributed by atoms with Crippen LogP contribution in [0, 0.1) is 12.7 Å². The molecule has 0 spiro atoms. The first kappa shape index (κ1) is 13.1. The minimum absolute atomic E-state index is 0.0991. The summed E-state index contributed by atoms with van der Waals surface area (Å²) < 4.78 is 19.1. The summed E-state index contributed by atoms with van der Waals surface area (Å²) >= 11 is 0. The van der Waals surface area contributed by atoms with Gasteiger partial charge >= 0.3 is 0 Å². The molecule has 2 unspecified atom stereocenters. The molecule has 1 heterocycles. The molecule has 3 N–H and O–H groups in total. The van der Waals surface area contributed by atoms with Gasteiger partial charge in [0.25, 0.3) is 0 Å². The molecule has 0 fully saturated rings. The highest BCUT2D eigenvalue weighted by atomic mass is 19.1. The van der Waals surface area contributed by atoms with Gasteiger partial charge in [-0.3, -0.25) is 11.3 Å². The summed E-state index contributed by atoms with van der Waals surface area (Å²) in [7, 11) is 0. The third-order valence-electron chi connectivity index (χ3n) is 3.86. The molecule has 3 nitrogen and oxygen atoms in total. The zero-order valence-electron chi connectivity index (χ0n) is 11.3. The number of hydrogen-bond acceptors (Lipinski definition) is 3. The topological polar surface area (TPSA) is 47.3 Å². The Morgan fingerprint density at radius 2 is 2.10 bits per heavy atom. The van der Waals surface area contributed by atoms with E-state index in [9.17, 15) is 4.39 Å². The second-order valence-electron chi connectivity index (χ2n) is 5.11. The summed E-state index contributed by atoms with van der Waals surface area (Å²) in [5.74, 6) is 6.55. The van der Waals surface area contributed by atoms with E-state index in [1.165, 1.54) is 6.07 Å². The predicted octanol–water partition coefficient (Wildman–Crippen LogP) is 2.81. The van der Waals surface area contributed by atoms with Crippen LogP contribution in [0.3, 0.4) is 0 Å². The molecule has 0 radical (unpaired) electrons. The number of benzene rings is 2. The van der Waals surface area contributed by atoms with Crippen LogP contribution in [-0.2, 0) is 0 Å². The lowest BCUT2D eigenvalue weighted by Crippen LogP contribution is -2.33. The van der Waals surface area contributed by atoms with Crippen molar-refractivity contribution in [2.24, 2.45) is 5.84 Å². The minimum atomic E-state index is -0.201. The van der Waals surface area contributed by atoms with Crippen molar-refractivity contribution in [3.05, 3.63) is 65.0 Å². The van der Waals surface area contributed by atoms with Gasteiger partial charge in [-0.25, -0.2) is 4.39 Å². The Morgan fingerprint density at radius 3 is 2.85 bits per heavy atom. The average molecular weight is 272 g/mol. The van der Waals surface area contributed by atoms with Crippen LogP contribution in [-0.4, -0.2) is 6.61 Å². The number of fused-ring (bicyclic) bond motifs is 1. The van der Waals surface area contributed by atoms with Crippen molar-refractivity contribution in [3.63, 3.8) is 0 Å². The molecule has 0 amide bonds. The molecular weight excluding hydrogens is 255 g/mol. The molecular formula is C16H17FN2O. The highest BCUT2D eigenvalue weighted by Gasteiger charge is 2.31. The number of ether oxygens (including phenoxy) is 1. The van der Waals surface area contributed by atoms with Crippen LogP contribution >= 0.6 is 0 Å². The van der Waals surface area contributed by atoms with E-state index in [0.717, 1.165) is 16.9 Å². The number of rotatable bonds is 3. The second-order valence-corrected chi connectivity index (χ2v) is 5.11. The largest absolute Gasteiger partial charge is 0.493 e. The fraction of sp³-hybridized carbons (Fsp3) is 0.250. The Morgan fingerprint density at radius 1 is 1.30 bits per heavy atom. The number of para-hydroxylation sites is 1. The van der Waals surface area contributed by atoms with Crippen LogP contribution in [0.4, 0.5) is 4.39 Å². The number of nitrogens with two attached hydrogens (primary N) is 1. The first-order chi connectivity index (χ1) is 9.70. The molecule has 0 saturated carbocycles. The molecule has 0 saturated heterocycles. The van der Waals surface area contributed by atoms with Crippen molar-refractivity contribution in [2.75, 3.05) is 6.61 Å². The van der Waals surface area contributed by atoms with Gasteiger partial charge < -0.3 is 4.74 Å². The van der Waals surface area contributed by atoms with Crippen molar-refractivity contribution in [1.29, 1.82) is 0 Å². The van der Waals surface area contributed by atoms with Gasteiger partial charge in [0.15, 0.2) is 0 Å². The van der Waals surface area contributed by atoms with Gasteiger partial charge in [-0.2, -0.15) is 0 Å². The lowest BCUT2D eigenvalue weighted by atomic mass is 9.88. The van der Waals surface area contributed by atoms with Gasteiger partial charge in [0, 0.05) is 11.5 Å². The van der Waals surface area contributed by atoms with Crippen molar-refractivity contribution in [2.45, 2.75) is 18.9 Å². The van der Waals surface area contributed by atoms with Gasteiger partial charge in [-0.15, -0.1) is 0 Å². The van der Waals surface area contributed by atoms with Gasteiger partial charge in [-0.05, 0) is 30.2 Å². The summed E-state index contributed by atoms with van der Waals surface area (Å²) in [6, 6.07) is 12.9. The Hall–Kier alpha value is -1.91. The van der Waals surface area contributed by atoms with Crippen LogP contribution in [0.25, 0.3) is 0 Å². The number of hydrazine groups is 1. The average Bonchev–Trinajstić information content (AvgIpc) is 2.88. The molecule has 3 rings (SSSR count). The summed E-state index contributed by atoms with van der Waals surface area (Å²) in [6.07, 6.45) is 0. The molecule has 2 atom stereocenters. The van der Waals surface area contributed by atoms with Crippen LogP contribution < -0.4 is 16.0 Å². The van der Waals surface area contributed by atoms with E-state index in [2.05, 4.69) is 5.43 Å². The highest BCUT2D eigenvalue weighted by Crippen LogP contribution is 2.40. The van der Waals surface area contributed by atoms with Crippen molar-refractivity contribution >= 4 is 0 Å². The molecule has 20 heavy (non-hydrogen) atoms. The van der Waals surface area contributed by atoms with Crippen molar-refractivity contribution in [1.82, 2.24) is 5.43 Å². The lowest BCUT2D eigenvalue weighted by Gasteiger charge is -2.23. The monoisotopic (exact) mass is 272 g/mol. The number of aryl methyl sites for hydroxylation is 1. The molecule has 1 aliphatic heterocycles. The van der Waals surface area contributed by atoms with Gasteiger partial charge in [0.1, 0.15) is 11.6 Å². The van der Waals surface area contributed by atoms with E-state index >= 15 is 0 Å². The van der Waals surface area contributed by atoms with Crippen LogP contribution in [0.1, 0.15) is 28.7 Å². The van der Waals surface area contributed by atoms with Gasteiger partial charge in [-0.1, -0.05) is 30.3 Å². The zero-order chi connectivity index (χ0) is 14.1. The molecule has 2 aromatic carbocycles. The Labute approximate surface area is 117 Å². The summed E-state index contributed by atoms with van der Waals surface area (Å²) in [6.45, 7) is 2.33. The van der Waals surface area contributed by atoms with E-state index < -0.39 is 0 Å². The maximum absolute atomic E-state index is 13.4. The summed E-state index contributed by atoms with van der Waals surface area (Å²) in [4.78, 5) is 0.